The molecular weight excluding hydrogens is 250 g/mol. The van der Waals surface area contributed by atoms with Crippen LogP contribution >= 0.6 is 0 Å². The van der Waals surface area contributed by atoms with E-state index in [-0.39, 0.29) is 0 Å². The molecule has 0 spiro atoms. The molecule has 5 nitrogen and oxygen atoms in total. The van der Waals surface area contributed by atoms with Gasteiger partial charge in [-0.05, 0) is 44.4 Å². The first-order valence-corrected chi connectivity index (χ1v) is 6.53. The molecule has 102 valence electrons. The van der Waals surface area contributed by atoms with Crippen molar-refractivity contribution in [2.24, 2.45) is 0 Å². The van der Waals surface area contributed by atoms with Gasteiger partial charge in [-0.2, -0.15) is 14.6 Å². The highest BCUT2D eigenvalue weighted by Gasteiger charge is 2.17. The first-order valence-electron chi connectivity index (χ1n) is 6.53. The van der Waals surface area contributed by atoms with Crippen LogP contribution in [-0.4, -0.2) is 19.6 Å². The lowest BCUT2D eigenvalue weighted by Gasteiger charge is -2.16. The molecule has 5 heteroatoms. The van der Waals surface area contributed by atoms with Gasteiger partial charge >= 0.3 is 0 Å². The standard InChI is InChI=1S/C15H17N5/c1-8-5-9(2)12(10(3)6-8)13-11(4)19-15-17-7-18-20(15)14(13)16/h5-7H,16H2,1-4H3. The minimum atomic E-state index is 0.533. The molecule has 2 heterocycles. The highest BCUT2D eigenvalue weighted by molar-refractivity contribution is 5.81. The van der Waals surface area contributed by atoms with E-state index < -0.39 is 0 Å². The Hall–Kier alpha value is -2.43. The average molecular weight is 267 g/mol. The van der Waals surface area contributed by atoms with E-state index in [1.165, 1.54) is 23.0 Å². The lowest BCUT2D eigenvalue weighted by molar-refractivity contribution is 0.943. The van der Waals surface area contributed by atoms with Gasteiger partial charge in [-0.1, -0.05) is 17.7 Å². The van der Waals surface area contributed by atoms with Crippen molar-refractivity contribution < 1.29 is 0 Å². The molecule has 0 fully saturated rings. The van der Waals surface area contributed by atoms with Crippen LogP contribution in [0.1, 0.15) is 22.4 Å². The minimum absolute atomic E-state index is 0.533. The van der Waals surface area contributed by atoms with E-state index in [1.807, 2.05) is 6.92 Å². The molecule has 2 aromatic heterocycles. The van der Waals surface area contributed by atoms with Crippen LogP contribution < -0.4 is 5.73 Å². The summed E-state index contributed by atoms with van der Waals surface area (Å²) in [5.41, 5.74) is 12.9. The van der Waals surface area contributed by atoms with Crippen LogP contribution in [0.2, 0.25) is 0 Å². The molecule has 0 atom stereocenters. The molecule has 0 saturated carbocycles. The van der Waals surface area contributed by atoms with Gasteiger partial charge in [-0.15, -0.1) is 0 Å². The molecule has 1 aromatic carbocycles. The molecule has 0 saturated heterocycles. The van der Waals surface area contributed by atoms with Crippen molar-refractivity contribution in [3.63, 3.8) is 0 Å². The third-order valence-electron chi connectivity index (χ3n) is 3.57. The zero-order valence-electron chi connectivity index (χ0n) is 12.1. The number of rotatable bonds is 1. The second-order valence-corrected chi connectivity index (χ2v) is 5.20. The molecule has 20 heavy (non-hydrogen) atoms. The molecule has 3 aromatic rings. The maximum absolute atomic E-state index is 6.29. The first kappa shape index (κ1) is 12.6. The monoisotopic (exact) mass is 267 g/mol. The fourth-order valence-corrected chi connectivity index (χ4v) is 2.86. The zero-order chi connectivity index (χ0) is 14.4. The van der Waals surface area contributed by atoms with Crippen LogP contribution in [0.15, 0.2) is 18.5 Å². The summed E-state index contributed by atoms with van der Waals surface area (Å²) < 4.78 is 1.58. The SMILES string of the molecule is Cc1cc(C)c(-c2c(C)nc3ncnn3c2N)c(C)c1. The van der Waals surface area contributed by atoms with Crippen molar-refractivity contribution in [3.05, 3.63) is 40.8 Å². The van der Waals surface area contributed by atoms with Crippen molar-refractivity contribution >= 4 is 11.6 Å². The number of benzene rings is 1. The van der Waals surface area contributed by atoms with Crippen molar-refractivity contribution in [1.29, 1.82) is 0 Å². The first-order chi connectivity index (χ1) is 9.49. The molecule has 0 bridgehead atoms. The number of anilines is 1. The third kappa shape index (κ3) is 1.74. The molecule has 0 aliphatic carbocycles. The van der Waals surface area contributed by atoms with Gasteiger partial charge in [-0.25, -0.2) is 4.98 Å². The lowest BCUT2D eigenvalue weighted by atomic mass is 9.93. The summed E-state index contributed by atoms with van der Waals surface area (Å²) in [5.74, 6) is 1.12. The van der Waals surface area contributed by atoms with Crippen LogP contribution in [0.4, 0.5) is 5.82 Å². The van der Waals surface area contributed by atoms with Gasteiger partial charge < -0.3 is 5.73 Å². The number of nitrogen functional groups attached to an aromatic ring is 1. The molecule has 0 aliphatic rings. The van der Waals surface area contributed by atoms with Crippen LogP contribution in [-0.2, 0) is 0 Å². The van der Waals surface area contributed by atoms with Gasteiger partial charge in [-0.3, -0.25) is 0 Å². The van der Waals surface area contributed by atoms with Crippen LogP contribution in [0, 0.1) is 27.7 Å². The van der Waals surface area contributed by atoms with Crippen molar-refractivity contribution in [2.75, 3.05) is 5.73 Å². The fourth-order valence-electron chi connectivity index (χ4n) is 2.86. The zero-order valence-corrected chi connectivity index (χ0v) is 12.1. The topological polar surface area (TPSA) is 69.1 Å². The molecule has 0 radical (unpaired) electrons. The summed E-state index contributed by atoms with van der Waals surface area (Å²) in [6.45, 7) is 8.25. The van der Waals surface area contributed by atoms with Crippen LogP contribution in [0.25, 0.3) is 16.9 Å². The van der Waals surface area contributed by atoms with Crippen molar-refractivity contribution in [1.82, 2.24) is 19.6 Å². The Morgan fingerprint density at radius 2 is 1.65 bits per heavy atom. The second kappa shape index (κ2) is 4.30. The van der Waals surface area contributed by atoms with E-state index >= 15 is 0 Å². The molecular formula is C15H17N5. The fraction of sp³-hybridized carbons (Fsp3) is 0.267. The highest BCUT2D eigenvalue weighted by atomic mass is 15.3. The van der Waals surface area contributed by atoms with Crippen LogP contribution in [0.5, 0.6) is 0 Å². The van der Waals surface area contributed by atoms with E-state index in [0.29, 0.717) is 11.6 Å². The minimum Gasteiger partial charge on any atom is -0.383 e. The molecule has 2 N–H and O–H groups in total. The average Bonchev–Trinajstić information content (AvgIpc) is 2.80. The number of hydrogen-bond acceptors (Lipinski definition) is 4. The molecule has 0 aliphatic heterocycles. The van der Waals surface area contributed by atoms with Gasteiger partial charge in [0.15, 0.2) is 0 Å². The largest absolute Gasteiger partial charge is 0.383 e. The number of nitrogens with zero attached hydrogens (tertiary/aromatic N) is 4. The quantitative estimate of drug-likeness (QED) is 0.735. The van der Waals surface area contributed by atoms with Crippen molar-refractivity contribution in [2.45, 2.75) is 27.7 Å². The summed E-state index contributed by atoms with van der Waals surface area (Å²) in [6.07, 6.45) is 1.47. The van der Waals surface area contributed by atoms with Gasteiger partial charge in [0.1, 0.15) is 12.1 Å². The summed E-state index contributed by atoms with van der Waals surface area (Å²) in [4.78, 5) is 8.58. The predicted molar refractivity (Wildman–Crippen MR) is 79.6 cm³/mol. The lowest BCUT2D eigenvalue weighted by Crippen LogP contribution is -2.07. The van der Waals surface area contributed by atoms with E-state index in [4.69, 9.17) is 5.73 Å². The summed E-state index contributed by atoms with van der Waals surface area (Å²) in [6, 6.07) is 4.32. The Morgan fingerprint density at radius 3 is 2.30 bits per heavy atom. The number of fused-ring (bicyclic) bond motifs is 1. The van der Waals surface area contributed by atoms with E-state index in [0.717, 1.165) is 16.8 Å². The number of hydrogen-bond donors (Lipinski definition) is 1. The smallest absolute Gasteiger partial charge is 0.254 e. The molecule has 3 rings (SSSR count). The molecule has 0 unspecified atom stereocenters. The van der Waals surface area contributed by atoms with E-state index in [9.17, 15) is 0 Å². The summed E-state index contributed by atoms with van der Waals surface area (Å²) in [5, 5.41) is 4.14. The molecule has 0 amide bonds. The Kier molecular flexibility index (Phi) is 2.71. The van der Waals surface area contributed by atoms with E-state index in [2.05, 4.69) is 48.0 Å². The predicted octanol–water partition coefficient (Wildman–Crippen LogP) is 2.61. The van der Waals surface area contributed by atoms with Gasteiger partial charge in [0.2, 0.25) is 0 Å². The Balaban J connectivity index is 2.40. The van der Waals surface area contributed by atoms with E-state index in [1.54, 1.807) is 4.52 Å². The highest BCUT2D eigenvalue weighted by Crippen LogP contribution is 2.34. The van der Waals surface area contributed by atoms with Gasteiger partial charge in [0.05, 0.1) is 5.69 Å². The van der Waals surface area contributed by atoms with Gasteiger partial charge in [0.25, 0.3) is 5.78 Å². The maximum atomic E-state index is 6.29. The number of nitrogens with two attached hydrogens (primary N) is 1. The Bertz CT molecular complexity index is 793. The van der Waals surface area contributed by atoms with Crippen molar-refractivity contribution in [3.8, 4) is 11.1 Å². The van der Waals surface area contributed by atoms with Gasteiger partial charge in [0, 0.05) is 5.56 Å². The Labute approximate surface area is 117 Å². The normalized spacial score (nSPS) is 11.2. The number of aromatic nitrogens is 4. The summed E-state index contributed by atoms with van der Waals surface area (Å²) >= 11 is 0. The number of aryl methyl sites for hydroxylation is 4. The third-order valence-corrected chi connectivity index (χ3v) is 3.57. The maximum Gasteiger partial charge on any atom is 0.254 e. The van der Waals surface area contributed by atoms with Crippen LogP contribution in [0.3, 0.4) is 0 Å². The summed E-state index contributed by atoms with van der Waals surface area (Å²) in [7, 11) is 0. The Morgan fingerprint density at radius 1 is 1.00 bits per heavy atom. The second-order valence-electron chi connectivity index (χ2n) is 5.20.